The standard InChI is InChI=1S/C13H23N5O/c1-13(2,7-8-14)9-15-11-6-5-10(16-17-11)12(19)18(3)4/h5-6H,7-9,14H2,1-4H3,(H,15,17). The number of nitrogens with zero attached hydrogens (tertiary/aromatic N) is 3. The Morgan fingerprint density at radius 1 is 1.37 bits per heavy atom. The Balaban J connectivity index is 2.60. The third-order valence-electron chi connectivity index (χ3n) is 2.86. The maximum atomic E-state index is 11.6. The highest BCUT2D eigenvalue weighted by atomic mass is 16.2. The molecule has 0 unspecified atom stereocenters. The van der Waals surface area contributed by atoms with Crippen molar-refractivity contribution in [1.82, 2.24) is 15.1 Å². The number of nitrogens with one attached hydrogen (secondary N) is 1. The predicted octanol–water partition coefficient (Wildman–Crippen LogP) is 0.965. The predicted molar refractivity (Wildman–Crippen MR) is 76.0 cm³/mol. The fraction of sp³-hybridized carbons (Fsp3) is 0.615. The van der Waals surface area contributed by atoms with Gasteiger partial charge in [-0.2, -0.15) is 0 Å². The molecule has 1 heterocycles. The van der Waals surface area contributed by atoms with Gasteiger partial charge in [-0.05, 0) is 30.5 Å². The Morgan fingerprint density at radius 3 is 2.53 bits per heavy atom. The number of carbonyl (C=O) groups is 1. The van der Waals surface area contributed by atoms with Crippen LogP contribution in [0, 0.1) is 5.41 Å². The van der Waals surface area contributed by atoms with E-state index in [-0.39, 0.29) is 11.3 Å². The van der Waals surface area contributed by atoms with E-state index in [1.165, 1.54) is 4.90 Å². The van der Waals surface area contributed by atoms with Crippen LogP contribution >= 0.6 is 0 Å². The fourth-order valence-electron chi connectivity index (χ4n) is 1.58. The van der Waals surface area contributed by atoms with Crippen molar-refractivity contribution in [3.05, 3.63) is 17.8 Å². The van der Waals surface area contributed by atoms with E-state index >= 15 is 0 Å². The summed E-state index contributed by atoms with van der Waals surface area (Å²) in [6.45, 7) is 5.71. The number of nitrogens with two attached hydrogens (primary N) is 1. The molecule has 0 spiro atoms. The topological polar surface area (TPSA) is 84.1 Å². The molecule has 106 valence electrons. The van der Waals surface area contributed by atoms with Gasteiger partial charge in [-0.1, -0.05) is 13.8 Å². The van der Waals surface area contributed by atoms with Crippen LogP contribution in [0.25, 0.3) is 0 Å². The molecule has 19 heavy (non-hydrogen) atoms. The second-order valence-corrected chi connectivity index (χ2v) is 5.56. The van der Waals surface area contributed by atoms with Crippen molar-refractivity contribution in [1.29, 1.82) is 0 Å². The fourth-order valence-corrected chi connectivity index (χ4v) is 1.58. The number of hydrogen-bond acceptors (Lipinski definition) is 5. The van der Waals surface area contributed by atoms with Crippen LogP contribution in [0.4, 0.5) is 5.82 Å². The van der Waals surface area contributed by atoms with Crippen molar-refractivity contribution in [3.8, 4) is 0 Å². The Labute approximate surface area is 114 Å². The molecule has 0 fully saturated rings. The van der Waals surface area contributed by atoms with E-state index in [0.717, 1.165) is 13.0 Å². The van der Waals surface area contributed by atoms with Gasteiger partial charge in [0.25, 0.3) is 5.91 Å². The Bertz CT molecular complexity index is 414. The third-order valence-corrected chi connectivity index (χ3v) is 2.86. The average molecular weight is 265 g/mol. The molecule has 1 aromatic heterocycles. The highest BCUT2D eigenvalue weighted by molar-refractivity contribution is 5.91. The summed E-state index contributed by atoms with van der Waals surface area (Å²) in [4.78, 5) is 13.1. The molecule has 6 nitrogen and oxygen atoms in total. The Kier molecular flexibility index (Phi) is 5.23. The number of carbonyl (C=O) groups excluding carboxylic acids is 1. The molecular formula is C13H23N5O. The summed E-state index contributed by atoms with van der Waals surface area (Å²) in [6, 6.07) is 3.44. The molecular weight excluding hydrogens is 242 g/mol. The van der Waals surface area contributed by atoms with Crippen molar-refractivity contribution < 1.29 is 4.79 Å². The second-order valence-electron chi connectivity index (χ2n) is 5.56. The van der Waals surface area contributed by atoms with E-state index < -0.39 is 0 Å². The monoisotopic (exact) mass is 265 g/mol. The molecule has 0 bridgehead atoms. The van der Waals surface area contributed by atoms with Gasteiger partial charge < -0.3 is 16.0 Å². The maximum Gasteiger partial charge on any atom is 0.273 e. The molecule has 0 aromatic carbocycles. The molecule has 1 aromatic rings. The first-order valence-electron chi connectivity index (χ1n) is 6.35. The largest absolute Gasteiger partial charge is 0.368 e. The van der Waals surface area contributed by atoms with Gasteiger partial charge in [0.2, 0.25) is 0 Å². The molecule has 6 heteroatoms. The summed E-state index contributed by atoms with van der Waals surface area (Å²) in [6.07, 6.45) is 0.935. The van der Waals surface area contributed by atoms with Gasteiger partial charge >= 0.3 is 0 Å². The number of hydrogen-bond donors (Lipinski definition) is 2. The third kappa shape index (κ3) is 4.82. The van der Waals surface area contributed by atoms with Crippen molar-refractivity contribution in [2.75, 3.05) is 32.5 Å². The van der Waals surface area contributed by atoms with E-state index in [4.69, 9.17) is 5.73 Å². The number of rotatable bonds is 6. The molecule has 0 aliphatic heterocycles. The second kappa shape index (κ2) is 6.47. The molecule has 0 saturated heterocycles. The molecule has 0 aliphatic rings. The zero-order valence-electron chi connectivity index (χ0n) is 12.1. The van der Waals surface area contributed by atoms with Gasteiger partial charge in [0, 0.05) is 20.6 Å². The molecule has 0 saturated carbocycles. The molecule has 1 amide bonds. The van der Waals surface area contributed by atoms with E-state index in [0.29, 0.717) is 18.1 Å². The SMILES string of the molecule is CN(C)C(=O)c1ccc(NCC(C)(C)CCN)nn1. The summed E-state index contributed by atoms with van der Waals surface area (Å²) in [5.74, 6) is 0.517. The van der Waals surface area contributed by atoms with Crippen LogP contribution in [-0.4, -0.2) is 48.2 Å². The lowest BCUT2D eigenvalue weighted by atomic mass is 9.89. The lowest BCUT2D eigenvalue weighted by Gasteiger charge is -2.24. The molecule has 0 aliphatic carbocycles. The first-order chi connectivity index (χ1) is 8.85. The quantitative estimate of drug-likeness (QED) is 0.800. The van der Waals surface area contributed by atoms with Gasteiger partial charge in [0.1, 0.15) is 5.82 Å². The highest BCUT2D eigenvalue weighted by Gasteiger charge is 2.17. The Morgan fingerprint density at radius 2 is 2.05 bits per heavy atom. The first-order valence-corrected chi connectivity index (χ1v) is 6.35. The normalized spacial score (nSPS) is 11.2. The number of amides is 1. The minimum atomic E-state index is -0.150. The van der Waals surface area contributed by atoms with Crippen LogP contribution in [0.15, 0.2) is 12.1 Å². The van der Waals surface area contributed by atoms with E-state index in [9.17, 15) is 4.79 Å². The van der Waals surface area contributed by atoms with E-state index in [1.807, 2.05) is 0 Å². The van der Waals surface area contributed by atoms with Crippen LogP contribution in [0.5, 0.6) is 0 Å². The smallest absolute Gasteiger partial charge is 0.273 e. The van der Waals surface area contributed by atoms with Crippen LogP contribution in [0.2, 0.25) is 0 Å². The lowest BCUT2D eigenvalue weighted by molar-refractivity contribution is 0.0821. The van der Waals surface area contributed by atoms with Crippen LogP contribution in [0.1, 0.15) is 30.8 Å². The summed E-state index contributed by atoms with van der Waals surface area (Å²) >= 11 is 0. The van der Waals surface area contributed by atoms with Crippen molar-refractivity contribution >= 4 is 11.7 Å². The van der Waals surface area contributed by atoms with Gasteiger partial charge in [0.15, 0.2) is 5.69 Å². The average Bonchev–Trinajstić information content (AvgIpc) is 2.36. The van der Waals surface area contributed by atoms with Gasteiger partial charge in [-0.15, -0.1) is 10.2 Å². The van der Waals surface area contributed by atoms with Gasteiger partial charge in [-0.25, -0.2) is 0 Å². The molecule has 0 radical (unpaired) electrons. The van der Waals surface area contributed by atoms with Crippen molar-refractivity contribution in [2.24, 2.45) is 11.1 Å². The van der Waals surface area contributed by atoms with Crippen LogP contribution in [-0.2, 0) is 0 Å². The molecule has 3 N–H and O–H groups in total. The summed E-state index contributed by atoms with van der Waals surface area (Å²) in [5, 5.41) is 11.1. The number of anilines is 1. The van der Waals surface area contributed by atoms with Crippen molar-refractivity contribution in [3.63, 3.8) is 0 Å². The lowest BCUT2D eigenvalue weighted by Crippen LogP contribution is -2.27. The van der Waals surface area contributed by atoms with Crippen LogP contribution < -0.4 is 11.1 Å². The first kappa shape index (κ1) is 15.4. The molecule has 1 rings (SSSR count). The van der Waals surface area contributed by atoms with Gasteiger partial charge in [-0.3, -0.25) is 4.79 Å². The highest BCUT2D eigenvalue weighted by Crippen LogP contribution is 2.19. The minimum Gasteiger partial charge on any atom is -0.368 e. The maximum absolute atomic E-state index is 11.6. The zero-order chi connectivity index (χ0) is 14.5. The van der Waals surface area contributed by atoms with Crippen LogP contribution in [0.3, 0.4) is 0 Å². The number of aromatic nitrogens is 2. The van der Waals surface area contributed by atoms with Gasteiger partial charge in [0.05, 0.1) is 0 Å². The molecule has 0 atom stereocenters. The Hall–Kier alpha value is -1.69. The van der Waals surface area contributed by atoms with E-state index in [1.54, 1.807) is 26.2 Å². The van der Waals surface area contributed by atoms with E-state index in [2.05, 4.69) is 29.4 Å². The summed E-state index contributed by atoms with van der Waals surface area (Å²) in [5.41, 5.74) is 6.02. The zero-order valence-corrected chi connectivity index (χ0v) is 12.1. The van der Waals surface area contributed by atoms with Crippen molar-refractivity contribution in [2.45, 2.75) is 20.3 Å². The summed E-state index contributed by atoms with van der Waals surface area (Å²) in [7, 11) is 3.37. The summed E-state index contributed by atoms with van der Waals surface area (Å²) < 4.78 is 0. The minimum absolute atomic E-state index is 0.106.